The summed E-state index contributed by atoms with van der Waals surface area (Å²) in [6.07, 6.45) is 2.92. The number of aromatic nitrogens is 1. The van der Waals surface area contributed by atoms with Gasteiger partial charge < -0.3 is 15.4 Å². The molecule has 206 valence electrons. The summed E-state index contributed by atoms with van der Waals surface area (Å²) in [7, 11) is 0. The van der Waals surface area contributed by atoms with Crippen molar-refractivity contribution >= 4 is 29.3 Å². The number of ether oxygens (including phenoxy) is 1. The maximum atomic E-state index is 13.9. The number of amides is 2. The normalized spacial score (nSPS) is 12.1. The Balaban J connectivity index is 1.70. The molecule has 6 nitrogen and oxygen atoms in total. The van der Waals surface area contributed by atoms with Crippen LogP contribution in [0, 0.1) is 13.8 Å². The van der Waals surface area contributed by atoms with E-state index in [9.17, 15) is 9.59 Å². The summed E-state index contributed by atoms with van der Waals surface area (Å²) in [5.74, 6) is -0.879. The molecule has 1 aromatic heterocycles. The van der Waals surface area contributed by atoms with Crippen LogP contribution in [-0.2, 0) is 9.53 Å². The number of nitrogens with one attached hydrogen (secondary N) is 2. The van der Waals surface area contributed by atoms with E-state index in [0.29, 0.717) is 10.7 Å². The van der Waals surface area contributed by atoms with Crippen LogP contribution in [0.15, 0.2) is 91.3 Å². The molecule has 0 unspecified atom stereocenters. The summed E-state index contributed by atoms with van der Waals surface area (Å²) >= 11 is 6.72. The van der Waals surface area contributed by atoms with Crippen molar-refractivity contribution in [1.29, 1.82) is 0 Å². The second-order valence-corrected chi connectivity index (χ2v) is 11.2. The van der Waals surface area contributed by atoms with Crippen LogP contribution >= 0.6 is 11.6 Å². The average Bonchev–Trinajstić information content (AvgIpc) is 2.89. The Morgan fingerprint density at radius 1 is 0.850 bits per heavy atom. The fourth-order valence-corrected chi connectivity index (χ4v) is 5.05. The number of halogens is 1. The highest BCUT2D eigenvalue weighted by Gasteiger charge is 2.34. The smallest absolute Gasteiger partial charge is 0.408 e. The number of hydrogen-bond donors (Lipinski definition) is 2. The SMILES string of the molecule is Cc1cncc(C)c1-c1ccc(NC(=O)[C@@H](NC(=O)OC(C)(C)C)C(c2ccccc2)c2ccccc2)cc1Cl. The summed E-state index contributed by atoms with van der Waals surface area (Å²) in [5.41, 5.74) is 5.42. The van der Waals surface area contributed by atoms with Crippen molar-refractivity contribution in [1.82, 2.24) is 10.3 Å². The minimum absolute atomic E-state index is 0.399. The van der Waals surface area contributed by atoms with Gasteiger partial charge in [-0.2, -0.15) is 0 Å². The number of alkyl carbamates (subject to hydrolysis) is 1. The van der Waals surface area contributed by atoms with Crippen LogP contribution < -0.4 is 10.6 Å². The summed E-state index contributed by atoms with van der Waals surface area (Å²) in [6.45, 7) is 9.32. The summed E-state index contributed by atoms with van der Waals surface area (Å²) in [4.78, 5) is 31.2. The third-order valence-electron chi connectivity index (χ3n) is 6.44. The quantitative estimate of drug-likeness (QED) is 0.245. The van der Waals surface area contributed by atoms with E-state index in [1.807, 2.05) is 86.6 Å². The summed E-state index contributed by atoms with van der Waals surface area (Å²) in [5, 5.41) is 6.31. The molecule has 7 heteroatoms. The van der Waals surface area contributed by atoms with Gasteiger partial charge in [-0.1, -0.05) is 78.3 Å². The van der Waals surface area contributed by atoms with Crippen molar-refractivity contribution < 1.29 is 14.3 Å². The van der Waals surface area contributed by atoms with Crippen molar-refractivity contribution in [3.8, 4) is 11.1 Å². The van der Waals surface area contributed by atoms with Gasteiger partial charge >= 0.3 is 6.09 Å². The zero-order chi connectivity index (χ0) is 28.9. The highest BCUT2D eigenvalue weighted by molar-refractivity contribution is 6.33. The van der Waals surface area contributed by atoms with Gasteiger partial charge in [0.2, 0.25) is 5.91 Å². The maximum absolute atomic E-state index is 13.9. The molecule has 0 bridgehead atoms. The lowest BCUT2D eigenvalue weighted by molar-refractivity contribution is -0.118. The molecular weight excluding hydrogens is 522 g/mol. The predicted molar refractivity (Wildman–Crippen MR) is 161 cm³/mol. The Bertz CT molecular complexity index is 1420. The van der Waals surface area contributed by atoms with Crippen molar-refractivity contribution in [3.63, 3.8) is 0 Å². The Morgan fingerprint density at radius 2 is 1.40 bits per heavy atom. The van der Waals surface area contributed by atoms with E-state index in [0.717, 1.165) is 33.4 Å². The van der Waals surface area contributed by atoms with Gasteiger partial charge in [0.25, 0.3) is 0 Å². The second kappa shape index (κ2) is 12.3. The standard InChI is InChI=1S/C33H34ClN3O3/c1-21-19-35-20-22(2)28(21)26-17-16-25(18-27(26)34)36-31(38)30(37-32(39)40-33(3,4)5)29(23-12-8-6-9-13-23)24-14-10-7-11-15-24/h6-20,29-30H,1-5H3,(H,36,38)(H,37,39)/t30-/m0/s1. The Kier molecular flexibility index (Phi) is 8.90. The molecule has 3 aromatic carbocycles. The number of pyridine rings is 1. The van der Waals surface area contributed by atoms with Crippen molar-refractivity contribution in [2.75, 3.05) is 5.32 Å². The minimum Gasteiger partial charge on any atom is -0.444 e. The highest BCUT2D eigenvalue weighted by Crippen LogP contribution is 2.35. The molecule has 0 aliphatic rings. The Hall–Kier alpha value is -4.16. The van der Waals surface area contributed by atoms with Crippen LogP contribution in [0.3, 0.4) is 0 Å². The molecule has 2 amide bonds. The number of carbonyl (C=O) groups excluding carboxylic acids is 2. The molecule has 0 radical (unpaired) electrons. The van der Waals surface area contributed by atoms with Gasteiger partial charge in [0.1, 0.15) is 11.6 Å². The molecule has 0 aliphatic carbocycles. The van der Waals surface area contributed by atoms with E-state index < -0.39 is 29.6 Å². The van der Waals surface area contributed by atoms with E-state index in [2.05, 4.69) is 15.6 Å². The van der Waals surface area contributed by atoms with Gasteiger partial charge in [-0.25, -0.2) is 4.79 Å². The van der Waals surface area contributed by atoms with Crippen molar-refractivity contribution in [2.45, 2.75) is 52.2 Å². The molecule has 1 heterocycles. The van der Waals surface area contributed by atoms with Gasteiger partial charge in [-0.3, -0.25) is 9.78 Å². The summed E-state index contributed by atoms with van der Waals surface area (Å²) in [6, 6.07) is 23.7. The van der Waals surface area contributed by atoms with Crippen LogP contribution in [0.4, 0.5) is 10.5 Å². The van der Waals surface area contributed by atoms with Gasteiger partial charge in [-0.05, 0) is 74.6 Å². The molecule has 2 N–H and O–H groups in total. The van der Waals surface area contributed by atoms with E-state index in [4.69, 9.17) is 16.3 Å². The molecule has 0 aliphatic heterocycles. The fourth-order valence-electron chi connectivity index (χ4n) is 4.77. The highest BCUT2D eigenvalue weighted by atomic mass is 35.5. The number of benzene rings is 3. The molecule has 0 saturated carbocycles. The third-order valence-corrected chi connectivity index (χ3v) is 6.75. The number of nitrogens with zero attached hydrogens (tertiary/aromatic N) is 1. The molecule has 0 fully saturated rings. The predicted octanol–water partition coefficient (Wildman–Crippen LogP) is 7.68. The van der Waals surface area contributed by atoms with Crippen LogP contribution in [-0.4, -0.2) is 28.6 Å². The molecule has 1 atom stereocenters. The second-order valence-electron chi connectivity index (χ2n) is 10.8. The number of carbonyl (C=O) groups is 2. The average molecular weight is 556 g/mol. The summed E-state index contributed by atoms with van der Waals surface area (Å²) < 4.78 is 5.54. The molecule has 0 spiro atoms. The first-order chi connectivity index (χ1) is 19.0. The van der Waals surface area contributed by atoms with Gasteiger partial charge in [0.05, 0.1) is 5.02 Å². The zero-order valence-corrected chi connectivity index (χ0v) is 24.1. The first-order valence-electron chi connectivity index (χ1n) is 13.1. The van der Waals surface area contributed by atoms with E-state index >= 15 is 0 Å². The molecule has 4 aromatic rings. The first kappa shape index (κ1) is 28.8. The number of aryl methyl sites for hydroxylation is 2. The van der Waals surface area contributed by atoms with Crippen LogP contribution in [0.2, 0.25) is 5.02 Å². The van der Waals surface area contributed by atoms with Crippen LogP contribution in [0.25, 0.3) is 11.1 Å². The van der Waals surface area contributed by atoms with Gasteiger partial charge in [0, 0.05) is 29.6 Å². The fraction of sp³-hybridized carbons (Fsp3) is 0.242. The largest absolute Gasteiger partial charge is 0.444 e. The Morgan fingerprint density at radius 3 is 1.90 bits per heavy atom. The number of anilines is 1. The molecule has 40 heavy (non-hydrogen) atoms. The van der Waals surface area contributed by atoms with Crippen molar-refractivity contribution in [3.05, 3.63) is 119 Å². The lowest BCUT2D eigenvalue weighted by atomic mass is 9.84. The van der Waals surface area contributed by atoms with Crippen molar-refractivity contribution in [2.24, 2.45) is 0 Å². The zero-order valence-electron chi connectivity index (χ0n) is 23.4. The topological polar surface area (TPSA) is 80.3 Å². The number of rotatable bonds is 7. The van der Waals surface area contributed by atoms with Gasteiger partial charge in [0.15, 0.2) is 0 Å². The van der Waals surface area contributed by atoms with E-state index in [1.165, 1.54) is 0 Å². The lowest BCUT2D eigenvalue weighted by Gasteiger charge is -2.29. The van der Waals surface area contributed by atoms with Crippen LogP contribution in [0.5, 0.6) is 0 Å². The lowest BCUT2D eigenvalue weighted by Crippen LogP contribution is -2.49. The minimum atomic E-state index is -0.984. The number of hydrogen-bond acceptors (Lipinski definition) is 4. The monoisotopic (exact) mass is 555 g/mol. The van der Waals surface area contributed by atoms with E-state index in [1.54, 1.807) is 39.2 Å². The molecule has 4 rings (SSSR count). The Labute approximate surface area is 240 Å². The third kappa shape index (κ3) is 7.07. The first-order valence-corrected chi connectivity index (χ1v) is 13.5. The maximum Gasteiger partial charge on any atom is 0.408 e. The molecule has 0 saturated heterocycles. The molecular formula is C33H34ClN3O3. The van der Waals surface area contributed by atoms with Gasteiger partial charge in [-0.15, -0.1) is 0 Å². The van der Waals surface area contributed by atoms with Crippen LogP contribution in [0.1, 0.15) is 48.9 Å². The van der Waals surface area contributed by atoms with E-state index in [-0.39, 0.29) is 0 Å².